The topological polar surface area (TPSA) is 63.4 Å². The molecular weight excluding hydrogens is 464 g/mol. The molecule has 1 aromatic heterocycles. The summed E-state index contributed by atoms with van der Waals surface area (Å²) in [6, 6.07) is 14.3. The first-order chi connectivity index (χ1) is 14.3. The third kappa shape index (κ3) is 4.05. The first-order valence-electron chi connectivity index (χ1n) is 10.1. The van der Waals surface area contributed by atoms with Crippen molar-refractivity contribution in [3.05, 3.63) is 58.6 Å². The third-order valence-electron chi connectivity index (χ3n) is 5.49. The Kier molecular flexibility index (Phi) is 5.77. The number of sulfone groups is 1. The van der Waals surface area contributed by atoms with Crippen LogP contribution in [-0.2, 0) is 9.84 Å². The van der Waals surface area contributed by atoms with Crippen LogP contribution in [0.25, 0.3) is 11.5 Å². The molecule has 2 heterocycles. The van der Waals surface area contributed by atoms with Gasteiger partial charge in [0.05, 0.1) is 4.90 Å². The fourth-order valence-electron chi connectivity index (χ4n) is 4.16. The minimum atomic E-state index is -3.84. The Bertz CT molecular complexity index is 1150. The van der Waals surface area contributed by atoms with E-state index in [9.17, 15) is 8.42 Å². The van der Waals surface area contributed by atoms with E-state index in [1.54, 1.807) is 24.3 Å². The molecule has 7 heteroatoms. The number of halogens is 1. The molecule has 3 aromatic rings. The lowest BCUT2D eigenvalue weighted by atomic mass is 9.92. The van der Waals surface area contributed by atoms with Gasteiger partial charge < -0.3 is 9.32 Å². The molecule has 0 saturated carbocycles. The van der Waals surface area contributed by atoms with Crippen molar-refractivity contribution in [1.82, 2.24) is 4.98 Å². The number of aryl methyl sites for hydroxylation is 1. The maximum absolute atomic E-state index is 13.5. The highest BCUT2D eigenvalue weighted by molar-refractivity contribution is 9.10. The second-order valence-corrected chi connectivity index (χ2v) is 11.0. The molecule has 1 aliphatic rings. The van der Waals surface area contributed by atoms with Gasteiger partial charge in [-0.05, 0) is 61.1 Å². The number of oxazole rings is 1. The minimum Gasteiger partial charge on any atom is -0.419 e. The van der Waals surface area contributed by atoms with E-state index < -0.39 is 9.84 Å². The molecule has 158 valence electrons. The van der Waals surface area contributed by atoms with E-state index in [1.165, 1.54) is 0 Å². The van der Waals surface area contributed by atoms with Crippen molar-refractivity contribution >= 4 is 31.7 Å². The van der Waals surface area contributed by atoms with Crippen LogP contribution in [0.5, 0.6) is 0 Å². The molecule has 0 bridgehead atoms. The first kappa shape index (κ1) is 21.1. The molecule has 0 aliphatic carbocycles. The van der Waals surface area contributed by atoms with Crippen LogP contribution < -0.4 is 4.90 Å². The molecule has 0 N–H and O–H groups in total. The lowest BCUT2D eigenvalue weighted by Gasteiger charge is -2.34. The second kappa shape index (κ2) is 8.19. The summed E-state index contributed by atoms with van der Waals surface area (Å²) < 4.78 is 34.1. The Morgan fingerprint density at radius 3 is 2.30 bits per heavy atom. The Labute approximate surface area is 186 Å². The quantitative estimate of drug-likeness (QED) is 0.469. The van der Waals surface area contributed by atoms with Crippen molar-refractivity contribution in [1.29, 1.82) is 0 Å². The highest BCUT2D eigenvalue weighted by Gasteiger charge is 2.34. The monoisotopic (exact) mass is 488 g/mol. The summed E-state index contributed by atoms with van der Waals surface area (Å²) in [4.78, 5) is 6.77. The average molecular weight is 489 g/mol. The van der Waals surface area contributed by atoms with Crippen molar-refractivity contribution in [2.45, 2.75) is 37.1 Å². The lowest BCUT2D eigenvalue weighted by molar-refractivity contribution is 0.342. The summed E-state index contributed by atoms with van der Waals surface area (Å²) in [7, 11) is -3.84. The highest BCUT2D eigenvalue weighted by atomic mass is 79.9. The zero-order valence-electron chi connectivity index (χ0n) is 17.3. The molecule has 2 aromatic carbocycles. The van der Waals surface area contributed by atoms with Gasteiger partial charge in [-0.1, -0.05) is 48.0 Å². The van der Waals surface area contributed by atoms with Gasteiger partial charge in [-0.3, -0.25) is 0 Å². The smallest absolute Gasteiger partial charge is 0.236 e. The van der Waals surface area contributed by atoms with Gasteiger partial charge in [0.15, 0.2) is 0 Å². The van der Waals surface area contributed by atoms with Crippen LogP contribution >= 0.6 is 15.9 Å². The highest BCUT2D eigenvalue weighted by Crippen LogP contribution is 2.38. The molecule has 1 aliphatic heterocycles. The molecule has 5 nitrogen and oxygen atoms in total. The number of anilines is 1. The Morgan fingerprint density at radius 2 is 1.67 bits per heavy atom. The summed E-state index contributed by atoms with van der Waals surface area (Å²) in [5.74, 6) is 1.58. The van der Waals surface area contributed by atoms with Crippen molar-refractivity contribution in [2.24, 2.45) is 11.8 Å². The van der Waals surface area contributed by atoms with E-state index >= 15 is 0 Å². The van der Waals surface area contributed by atoms with Gasteiger partial charge in [0.25, 0.3) is 0 Å². The number of hydrogen-bond donors (Lipinski definition) is 0. The molecule has 30 heavy (non-hydrogen) atoms. The van der Waals surface area contributed by atoms with Gasteiger partial charge in [0.2, 0.25) is 26.6 Å². The van der Waals surface area contributed by atoms with Crippen LogP contribution in [0.3, 0.4) is 0 Å². The second-order valence-electron chi connectivity index (χ2n) is 8.25. The van der Waals surface area contributed by atoms with Gasteiger partial charge in [0.1, 0.15) is 0 Å². The molecular formula is C23H25BrN2O3S. The van der Waals surface area contributed by atoms with Crippen molar-refractivity contribution in [2.75, 3.05) is 18.0 Å². The van der Waals surface area contributed by atoms with Gasteiger partial charge >= 0.3 is 0 Å². The largest absolute Gasteiger partial charge is 0.419 e. The molecule has 0 amide bonds. The average Bonchev–Trinajstić information content (AvgIpc) is 3.14. The summed E-state index contributed by atoms with van der Waals surface area (Å²) in [5.41, 5.74) is 1.78. The summed E-state index contributed by atoms with van der Waals surface area (Å²) >= 11 is 3.36. The van der Waals surface area contributed by atoms with Gasteiger partial charge in [-0.25, -0.2) is 8.42 Å². The van der Waals surface area contributed by atoms with Crippen molar-refractivity contribution in [3.63, 3.8) is 0 Å². The van der Waals surface area contributed by atoms with Gasteiger partial charge in [0, 0.05) is 23.1 Å². The van der Waals surface area contributed by atoms with E-state index in [2.05, 4.69) is 34.8 Å². The van der Waals surface area contributed by atoms with E-state index in [0.29, 0.717) is 23.6 Å². The van der Waals surface area contributed by atoms with E-state index in [-0.39, 0.29) is 9.92 Å². The maximum atomic E-state index is 13.5. The number of aromatic nitrogens is 1. The van der Waals surface area contributed by atoms with Crippen LogP contribution in [-0.4, -0.2) is 26.5 Å². The Morgan fingerprint density at radius 1 is 1.03 bits per heavy atom. The predicted octanol–water partition coefficient (Wildman–Crippen LogP) is 5.73. The fourth-order valence-corrected chi connectivity index (χ4v) is 5.74. The van der Waals surface area contributed by atoms with Gasteiger partial charge in [-0.2, -0.15) is 4.98 Å². The predicted molar refractivity (Wildman–Crippen MR) is 121 cm³/mol. The molecule has 1 fully saturated rings. The maximum Gasteiger partial charge on any atom is 0.236 e. The minimum absolute atomic E-state index is 0.00984. The standard InChI is InChI=1S/C23H25BrN2O3S/c1-15-12-16(2)14-26(13-15)23-22(30(27,28)19-10-8-18(24)9-11-19)25-21(29-23)20-7-5-4-6-17(20)3/h4-11,15-16H,12-14H2,1-3H3. The zero-order chi connectivity index (χ0) is 21.5. The number of rotatable bonds is 4. The van der Waals surface area contributed by atoms with Gasteiger partial charge in [-0.15, -0.1) is 0 Å². The van der Waals surface area contributed by atoms with Crippen molar-refractivity contribution < 1.29 is 12.8 Å². The summed E-state index contributed by atoms with van der Waals surface area (Å²) in [5, 5.41) is -0.00984. The SMILES string of the molecule is Cc1ccccc1-c1nc(S(=O)(=O)c2ccc(Br)cc2)c(N2CC(C)CC(C)C2)o1. The lowest BCUT2D eigenvalue weighted by Crippen LogP contribution is -2.39. The van der Waals surface area contributed by atoms with Crippen molar-refractivity contribution in [3.8, 4) is 11.5 Å². The fraction of sp³-hybridized carbons (Fsp3) is 0.348. The normalized spacial score (nSPS) is 19.8. The van der Waals surface area contributed by atoms with Crippen LogP contribution in [0.2, 0.25) is 0 Å². The number of piperidine rings is 1. The molecule has 0 radical (unpaired) electrons. The molecule has 1 saturated heterocycles. The third-order valence-corrected chi connectivity index (χ3v) is 7.69. The van der Waals surface area contributed by atoms with Crippen LogP contribution in [0.15, 0.2) is 67.3 Å². The zero-order valence-corrected chi connectivity index (χ0v) is 19.7. The number of hydrogen-bond acceptors (Lipinski definition) is 5. The number of benzene rings is 2. The van der Waals surface area contributed by atoms with E-state index in [4.69, 9.17) is 4.42 Å². The Hall–Kier alpha value is -2.12. The summed E-state index contributed by atoms with van der Waals surface area (Å²) in [6.07, 6.45) is 1.12. The number of nitrogens with zero attached hydrogens (tertiary/aromatic N) is 2. The van der Waals surface area contributed by atoms with E-state index in [1.807, 2.05) is 36.1 Å². The van der Waals surface area contributed by atoms with Crippen LogP contribution in [0.4, 0.5) is 5.88 Å². The van der Waals surface area contributed by atoms with Crippen LogP contribution in [0, 0.1) is 18.8 Å². The first-order valence-corrected chi connectivity index (χ1v) is 12.4. The molecule has 2 unspecified atom stereocenters. The molecule has 2 atom stereocenters. The van der Waals surface area contributed by atoms with Crippen LogP contribution in [0.1, 0.15) is 25.8 Å². The summed E-state index contributed by atoms with van der Waals surface area (Å²) in [6.45, 7) is 7.83. The Balaban J connectivity index is 1.87. The molecule has 0 spiro atoms. The molecule has 4 rings (SSSR count). The van der Waals surface area contributed by atoms with E-state index in [0.717, 1.165) is 35.1 Å².